The van der Waals surface area contributed by atoms with E-state index in [9.17, 15) is 4.79 Å². The topological polar surface area (TPSA) is 51.2 Å². The fourth-order valence-corrected chi connectivity index (χ4v) is 4.53. The molecule has 2 aliphatic rings. The lowest BCUT2D eigenvalue weighted by molar-refractivity contribution is -0.138. The van der Waals surface area contributed by atoms with Crippen molar-refractivity contribution in [1.29, 1.82) is 0 Å². The molecule has 1 amide bonds. The normalized spacial score (nSPS) is 19.6. The molecule has 1 aromatic rings. The average Bonchev–Trinajstić information content (AvgIpc) is 3.20. The van der Waals surface area contributed by atoms with Crippen LogP contribution < -0.4 is 5.32 Å². The molecular weight excluding hydrogens is 477 g/mol. The molecule has 0 spiro atoms. The number of halogens is 1. The van der Waals surface area contributed by atoms with Gasteiger partial charge in [0.1, 0.15) is 0 Å². The Bertz CT molecular complexity index is 665. The lowest BCUT2D eigenvalue weighted by Gasteiger charge is -2.38. The Labute approximate surface area is 192 Å². The Hall–Kier alpha value is -1.35. The highest BCUT2D eigenvalue weighted by atomic mass is 127. The number of carbonyl (C=O) groups excluding carboxylic acids is 1. The number of hydrogen-bond acceptors (Lipinski definition) is 3. The molecule has 0 aromatic heterocycles. The second-order valence-electron chi connectivity index (χ2n) is 8.34. The number of guanidine groups is 1. The highest BCUT2D eigenvalue weighted by molar-refractivity contribution is 14.0. The number of carbonyl (C=O) groups is 1. The van der Waals surface area contributed by atoms with Gasteiger partial charge in [0.05, 0.1) is 5.41 Å². The Kier molecular flexibility index (Phi) is 9.20. The fraction of sp³-hybridized carbons (Fsp3) is 0.636. The van der Waals surface area contributed by atoms with Crippen LogP contribution in [0.2, 0.25) is 0 Å². The summed E-state index contributed by atoms with van der Waals surface area (Å²) in [6.07, 6.45) is 4.22. The van der Waals surface area contributed by atoms with Gasteiger partial charge in [0.15, 0.2) is 5.96 Å². The molecule has 1 saturated carbocycles. The van der Waals surface area contributed by atoms with Gasteiger partial charge >= 0.3 is 0 Å². The molecular formula is C22H36IN5O. The standard InChI is InChI=1S/C22H35N5O.HI/c1-23-21(24-18-22(11-7-8-12-22)20(28)25(2)3)27-15-13-26(14-16-27)17-19-9-5-4-6-10-19;/h4-6,9-10H,7-8,11-18H2,1-3H3,(H,23,24);1H. The zero-order valence-electron chi connectivity index (χ0n) is 18.1. The van der Waals surface area contributed by atoms with Crippen LogP contribution in [0.3, 0.4) is 0 Å². The second kappa shape index (κ2) is 11.2. The SMILES string of the molecule is CN=C(NCC1(C(=O)N(C)C)CCCC1)N1CCN(Cc2ccccc2)CC1.I. The molecule has 1 aliphatic heterocycles. The Morgan fingerprint density at radius 2 is 1.72 bits per heavy atom. The lowest BCUT2D eigenvalue weighted by Crippen LogP contribution is -2.54. The van der Waals surface area contributed by atoms with Gasteiger partial charge in [-0.3, -0.25) is 14.7 Å². The van der Waals surface area contributed by atoms with Gasteiger partial charge in [0, 0.05) is 60.4 Å². The summed E-state index contributed by atoms with van der Waals surface area (Å²) in [6.45, 7) is 5.65. The quantitative estimate of drug-likeness (QED) is 0.374. The van der Waals surface area contributed by atoms with Crippen molar-refractivity contribution < 1.29 is 4.79 Å². The van der Waals surface area contributed by atoms with Crippen molar-refractivity contribution in [1.82, 2.24) is 20.0 Å². The number of aliphatic imine (C=N–C) groups is 1. The van der Waals surface area contributed by atoms with E-state index in [2.05, 4.69) is 50.4 Å². The molecule has 1 N–H and O–H groups in total. The zero-order chi connectivity index (χ0) is 20.0. The lowest BCUT2D eigenvalue weighted by atomic mass is 9.84. The number of hydrogen-bond donors (Lipinski definition) is 1. The molecule has 1 heterocycles. The van der Waals surface area contributed by atoms with Crippen molar-refractivity contribution in [3.8, 4) is 0 Å². The minimum Gasteiger partial charge on any atom is -0.355 e. The van der Waals surface area contributed by atoms with Gasteiger partial charge in [-0.1, -0.05) is 43.2 Å². The maximum atomic E-state index is 12.8. The summed E-state index contributed by atoms with van der Waals surface area (Å²) in [5, 5.41) is 3.53. The van der Waals surface area contributed by atoms with E-state index < -0.39 is 0 Å². The highest BCUT2D eigenvalue weighted by Gasteiger charge is 2.42. The molecule has 0 atom stereocenters. The number of benzene rings is 1. The number of nitrogens with one attached hydrogen (secondary N) is 1. The first-order valence-electron chi connectivity index (χ1n) is 10.5. The molecule has 1 aliphatic carbocycles. The number of nitrogens with zero attached hydrogens (tertiary/aromatic N) is 4. The van der Waals surface area contributed by atoms with Crippen LogP contribution in [0.25, 0.3) is 0 Å². The third-order valence-corrected chi connectivity index (χ3v) is 6.14. The molecule has 7 heteroatoms. The van der Waals surface area contributed by atoms with Gasteiger partial charge in [0.25, 0.3) is 0 Å². The van der Waals surface area contributed by atoms with E-state index in [-0.39, 0.29) is 35.3 Å². The van der Waals surface area contributed by atoms with Crippen LogP contribution in [0.5, 0.6) is 0 Å². The van der Waals surface area contributed by atoms with Crippen molar-refractivity contribution >= 4 is 35.8 Å². The molecule has 2 fully saturated rings. The van der Waals surface area contributed by atoms with Crippen molar-refractivity contribution in [2.24, 2.45) is 10.4 Å². The summed E-state index contributed by atoms with van der Waals surface area (Å²) < 4.78 is 0. The van der Waals surface area contributed by atoms with Crippen molar-refractivity contribution in [3.63, 3.8) is 0 Å². The monoisotopic (exact) mass is 513 g/mol. The minimum atomic E-state index is -0.269. The zero-order valence-corrected chi connectivity index (χ0v) is 20.4. The van der Waals surface area contributed by atoms with Crippen LogP contribution in [-0.2, 0) is 11.3 Å². The third kappa shape index (κ3) is 6.07. The second-order valence-corrected chi connectivity index (χ2v) is 8.34. The Morgan fingerprint density at radius 1 is 1.10 bits per heavy atom. The Morgan fingerprint density at radius 3 is 2.28 bits per heavy atom. The summed E-state index contributed by atoms with van der Waals surface area (Å²) in [4.78, 5) is 23.9. The first-order chi connectivity index (χ1) is 13.5. The summed E-state index contributed by atoms with van der Waals surface area (Å²) in [7, 11) is 5.57. The smallest absolute Gasteiger partial charge is 0.230 e. The van der Waals surface area contributed by atoms with Crippen molar-refractivity contribution in [2.45, 2.75) is 32.2 Å². The molecule has 3 rings (SSSR count). The van der Waals surface area contributed by atoms with Gasteiger partial charge in [-0.05, 0) is 18.4 Å². The predicted molar refractivity (Wildman–Crippen MR) is 130 cm³/mol. The van der Waals surface area contributed by atoms with E-state index in [0.717, 1.165) is 64.4 Å². The fourth-order valence-electron chi connectivity index (χ4n) is 4.53. The van der Waals surface area contributed by atoms with Crippen LogP contribution in [-0.4, -0.2) is 80.4 Å². The summed E-state index contributed by atoms with van der Waals surface area (Å²) in [5.41, 5.74) is 1.10. The van der Waals surface area contributed by atoms with E-state index in [0.29, 0.717) is 6.54 Å². The van der Waals surface area contributed by atoms with E-state index in [1.54, 1.807) is 4.90 Å². The van der Waals surface area contributed by atoms with Gasteiger partial charge in [-0.25, -0.2) is 0 Å². The minimum absolute atomic E-state index is 0. The van der Waals surface area contributed by atoms with E-state index in [4.69, 9.17) is 0 Å². The number of piperazine rings is 1. The first kappa shape index (κ1) is 23.9. The molecule has 29 heavy (non-hydrogen) atoms. The van der Waals surface area contributed by atoms with Gasteiger partial charge in [-0.15, -0.1) is 24.0 Å². The molecule has 0 unspecified atom stereocenters. The molecule has 0 bridgehead atoms. The van der Waals surface area contributed by atoms with Crippen LogP contribution in [0.1, 0.15) is 31.2 Å². The van der Waals surface area contributed by atoms with Gasteiger partial charge < -0.3 is 15.1 Å². The van der Waals surface area contributed by atoms with Crippen LogP contribution >= 0.6 is 24.0 Å². The van der Waals surface area contributed by atoms with Crippen LogP contribution in [0.15, 0.2) is 35.3 Å². The molecule has 1 saturated heterocycles. The molecule has 6 nitrogen and oxygen atoms in total. The summed E-state index contributed by atoms with van der Waals surface area (Å²) >= 11 is 0. The molecule has 162 valence electrons. The number of amides is 1. The first-order valence-corrected chi connectivity index (χ1v) is 10.5. The van der Waals surface area contributed by atoms with E-state index >= 15 is 0 Å². The van der Waals surface area contributed by atoms with Crippen LogP contribution in [0, 0.1) is 5.41 Å². The summed E-state index contributed by atoms with van der Waals surface area (Å²) in [6, 6.07) is 10.6. The van der Waals surface area contributed by atoms with Crippen molar-refractivity contribution in [2.75, 3.05) is 53.9 Å². The maximum absolute atomic E-state index is 12.8. The van der Waals surface area contributed by atoms with Crippen LogP contribution in [0.4, 0.5) is 0 Å². The average molecular weight is 513 g/mol. The molecule has 0 radical (unpaired) electrons. The summed E-state index contributed by atoms with van der Waals surface area (Å²) in [5.74, 6) is 1.18. The number of rotatable bonds is 5. The van der Waals surface area contributed by atoms with E-state index in [1.165, 1.54) is 5.56 Å². The Balaban J connectivity index is 0.00000300. The van der Waals surface area contributed by atoms with Gasteiger partial charge in [-0.2, -0.15) is 0 Å². The maximum Gasteiger partial charge on any atom is 0.230 e. The highest BCUT2D eigenvalue weighted by Crippen LogP contribution is 2.39. The molecule has 1 aromatic carbocycles. The largest absolute Gasteiger partial charge is 0.355 e. The van der Waals surface area contributed by atoms with Crippen molar-refractivity contribution in [3.05, 3.63) is 35.9 Å². The van der Waals surface area contributed by atoms with Gasteiger partial charge in [0.2, 0.25) is 5.91 Å². The van der Waals surface area contributed by atoms with E-state index in [1.807, 2.05) is 21.1 Å². The third-order valence-electron chi connectivity index (χ3n) is 6.14. The predicted octanol–water partition coefficient (Wildman–Crippen LogP) is 2.65.